The van der Waals surface area contributed by atoms with Crippen LogP contribution in [-0.4, -0.2) is 38.6 Å². The predicted molar refractivity (Wildman–Crippen MR) is 124 cm³/mol. The van der Waals surface area contributed by atoms with Crippen molar-refractivity contribution in [1.29, 1.82) is 0 Å². The van der Waals surface area contributed by atoms with Crippen molar-refractivity contribution >= 4 is 28.9 Å². The Morgan fingerprint density at radius 2 is 1.71 bits per heavy atom. The minimum atomic E-state index is 0.320. The van der Waals surface area contributed by atoms with E-state index in [1.807, 2.05) is 52.1 Å². The van der Waals surface area contributed by atoms with E-state index in [2.05, 4.69) is 24.0 Å². The third-order valence-electron chi connectivity index (χ3n) is 5.10. The SMILES string of the molecule is CCCN(CCC)OCc1nnc2n1-c1cccc(Cl)c1C(c1ccccc1Cl)=NC2. The van der Waals surface area contributed by atoms with Gasteiger partial charge in [0.15, 0.2) is 11.6 Å². The maximum atomic E-state index is 6.69. The van der Waals surface area contributed by atoms with Crippen molar-refractivity contribution in [3.8, 4) is 5.69 Å². The van der Waals surface area contributed by atoms with Crippen LogP contribution in [0.1, 0.15) is 49.5 Å². The molecule has 1 aromatic heterocycles. The van der Waals surface area contributed by atoms with Crippen LogP contribution in [0.3, 0.4) is 0 Å². The molecule has 0 amide bonds. The van der Waals surface area contributed by atoms with Gasteiger partial charge in [0.25, 0.3) is 0 Å². The van der Waals surface area contributed by atoms with Gasteiger partial charge in [0, 0.05) is 29.2 Å². The summed E-state index contributed by atoms with van der Waals surface area (Å²) in [4.78, 5) is 10.9. The Kier molecular flexibility index (Phi) is 7.02. The number of aliphatic imine (C=N–C) groups is 1. The minimum absolute atomic E-state index is 0.320. The fraction of sp³-hybridized carbons (Fsp3) is 0.348. The van der Waals surface area contributed by atoms with Crippen molar-refractivity contribution in [2.24, 2.45) is 4.99 Å². The number of halogens is 2. The van der Waals surface area contributed by atoms with Gasteiger partial charge in [-0.3, -0.25) is 14.4 Å². The number of fused-ring (bicyclic) bond motifs is 3. The van der Waals surface area contributed by atoms with E-state index in [1.54, 1.807) is 0 Å². The van der Waals surface area contributed by atoms with Crippen LogP contribution in [0.2, 0.25) is 10.0 Å². The van der Waals surface area contributed by atoms with Crippen LogP contribution in [0, 0.1) is 0 Å². The van der Waals surface area contributed by atoms with Gasteiger partial charge in [-0.15, -0.1) is 10.2 Å². The second-order valence-corrected chi connectivity index (χ2v) is 8.16. The van der Waals surface area contributed by atoms with Gasteiger partial charge in [0.2, 0.25) is 0 Å². The Morgan fingerprint density at radius 3 is 2.45 bits per heavy atom. The lowest BCUT2D eigenvalue weighted by atomic mass is 10.00. The van der Waals surface area contributed by atoms with Crippen molar-refractivity contribution in [3.05, 3.63) is 75.3 Å². The average molecular weight is 458 g/mol. The molecule has 0 fully saturated rings. The molecule has 4 rings (SSSR count). The molecule has 0 spiro atoms. The summed E-state index contributed by atoms with van der Waals surface area (Å²) in [5.41, 5.74) is 3.28. The van der Waals surface area contributed by atoms with E-state index in [1.165, 1.54) is 0 Å². The summed E-state index contributed by atoms with van der Waals surface area (Å²) in [6.45, 7) is 6.71. The Morgan fingerprint density at radius 1 is 0.968 bits per heavy atom. The van der Waals surface area contributed by atoms with Crippen molar-refractivity contribution < 1.29 is 4.84 Å². The molecule has 162 valence electrons. The van der Waals surface area contributed by atoms with Gasteiger partial charge in [-0.1, -0.05) is 61.3 Å². The zero-order valence-electron chi connectivity index (χ0n) is 17.7. The van der Waals surface area contributed by atoms with Gasteiger partial charge in [-0.25, -0.2) is 0 Å². The second kappa shape index (κ2) is 9.92. The van der Waals surface area contributed by atoms with E-state index in [4.69, 9.17) is 33.0 Å². The molecule has 0 aliphatic carbocycles. The van der Waals surface area contributed by atoms with Crippen LogP contribution in [0.5, 0.6) is 0 Å². The molecule has 0 atom stereocenters. The zero-order chi connectivity index (χ0) is 21.8. The average Bonchev–Trinajstić information content (AvgIpc) is 3.09. The number of hydrogen-bond donors (Lipinski definition) is 0. The summed E-state index contributed by atoms with van der Waals surface area (Å²) in [5, 5.41) is 12.0. The molecule has 0 saturated carbocycles. The Hall–Kier alpha value is -2.25. The standard InChI is InChI=1S/C23H25Cl2N5O/c1-3-12-29(13-4-2)31-15-21-28-27-20-14-26-23(16-8-5-6-9-17(16)24)22-18(25)10-7-11-19(22)30(20)21/h5-11H,3-4,12-15H2,1-2H3. The quantitative estimate of drug-likeness (QED) is 0.420. The second-order valence-electron chi connectivity index (χ2n) is 7.35. The van der Waals surface area contributed by atoms with Crippen LogP contribution in [0.15, 0.2) is 47.5 Å². The van der Waals surface area contributed by atoms with E-state index in [0.29, 0.717) is 29.0 Å². The lowest BCUT2D eigenvalue weighted by Crippen LogP contribution is -2.26. The predicted octanol–water partition coefficient (Wildman–Crippen LogP) is 5.48. The van der Waals surface area contributed by atoms with Gasteiger partial charge in [-0.05, 0) is 31.0 Å². The van der Waals surface area contributed by atoms with Gasteiger partial charge in [-0.2, -0.15) is 5.06 Å². The van der Waals surface area contributed by atoms with E-state index >= 15 is 0 Å². The molecule has 6 nitrogen and oxygen atoms in total. The molecule has 2 aromatic carbocycles. The zero-order valence-corrected chi connectivity index (χ0v) is 19.2. The fourth-order valence-corrected chi connectivity index (χ4v) is 4.24. The van der Waals surface area contributed by atoms with Crippen molar-refractivity contribution in [2.75, 3.05) is 13.1 Å². The fourth-order valence-electron chi connectivity index (χ4n) is 3.75. The highest BCUT2D eigenvalue weighted by molar-refractivity contribution is 6.39. The molecule has 0 saturated heterocycles. The highest BCUT2D eigenvalue weighted by Gasteiger charge is 2.26. The minimum Gasteiger partial charge on any atom is -0.291 e. The van der Waals surface area contributed by atoms with Gasteiger partial charge < -0.3 is 0 Å². The van der Waals surface area contributed by atoms with Crippen molar-refractivity contribution in [3.63, 3.8) is 0 Å². The maximum absolute atomic E-state index is 6.69. The molecular formula is C23H25Cl2N5O. The van der Waals surface area contributed by atoms with Crippen LogP contribution < -0.4 is 0 Å². The summed E-state index contributed by atoms with van der Waals surface area (Å²) in [6, 6.07) is 13.5. The van der Waals surface area contributed by atoms with Crippen LogP contribution in [0.25, 0.3) is 5.69 Å². The van der Waals surface area contributed by atoms with Gasteiger partial charge >= 0.3 is 0 Å². The number of aromatic nitrogens is 3. The molecule has 1 aliphatic heterocycles. The van der Waals surface area contributed by atoms with E-state index in [0.717, 1.165) is 54.3 Å². The lowest BCUT2D eigenvalue weighted by molar-refractivity contribution is -0.171. The first-order valence-corrected chi connectivity index (χ1v) is 11.3. The molecule has 8 heteroatoms. The summed E-state index contributed by atoms with van der Waals surface area (Å²) in [7, 11) is 0. The Labute approximate surface area is 192 Å². The summed E-state index contributed by atoms with van der Waals surface area (Å²) >= 11 is 13.2. The first-order chi connectivity index (χ1) is 15.1. The number of rotatable bonds is 8. The smallest absolute Gasteiger partial charge is 0.165 e. The largest absolute Gasteiger partial charge is 0.291 e. The molecule has 3 aromatic rings. The van der Waals surface area contributed by atoms with Gasteiger partial charge in [0.05, 0.1) is 16.4 Å². The first-order valence-electron chi connectivity index (χ1n) is 10.5. The van der Waals surface area contributed by atoms with Gasteiger partial charge in [0.1, 0.15) is 13.2 Å². The van der Waals surface area contributed by atoms with E-state index < -0.39 is 0 Å². The van der Waals surface area contributed by atoms with Crippen molar-refractivity contribution in [2.45, 2.75) is 39.8 Å². The normalized spacial score (nSPS) is 13.0. The number of hydrogen-bond acceptors (Lipinski definition) is 5. The molecule has 31 heavy (non-hydrogen) atoms. The highest BCUT2D eigenvalue weighted by atomic mass is 35.5. The topological polar surface area (TPSA) is 55.5 Å². The molecule has 2 heterocycles. The maximum Gasteiger partial charge on any atom is 0.165 e. The van der Waals surface area contributed by atoms with Crippen LogP contribution in [0.4, 0.5) is 0 Å². The highest BCUT2D eigenvalue weighted by Crippen LogP contribution is 2.32. The number of benzene rings is 2. The molecule has 0 bridgehead atoms. The molecule has 0 radical (unpaired) electrons. The Balaban J connectivity index is 1.75. The number of nitrogens with zero attached hydrogens (tertiary/aromatic N) is 5. The van der Waals surface area contributed by atoms with Crippen LogP contribution in [-0.2, 0) is 18.0 Å². The summed E-state index contributed by atoms with van der Waals surface area (Å²) in [5.74, 6) is 1.45. The Bertz CT molecular complexity index is 1090. The first kappa shape index (κ1) is 22.0. The lowest BCUT2D eigenvalue weighted by Gasteiger charge is -2.21. The molecule has 0 unspecified atom stereocenters. The summed E-state index contributed by atoms with van der Waals surface area (Å²) in [6.07, 6.45) is 2.04. The third-order valence-corrected chi connectivity index (χ3v) is 5.74. The number of hydroxylamine groups is 2. The van der Waals surface area contributed by atoms with Crippen molar-refractivity contribution in [1.82, 2.24) is 19.8 Å². The molecular weight excluding hydrogens is 433 g/mol. The van der Waals surface area contributed by atoms with Crippen LogP contribution >= 0.6 is 23.2 Å². The van der Waals surface area contributed by atoms with E-state index in [-0.39, 0.29) is 0 Å². The monoisotopic (exact) mass is 457 g/mol. The molecule has 0 N–H and O–H groups in total. The van der Waals surface area contributed by atoms with E-state index in [9.17, 15) is 0 Å². The molecule has 1 aliphatic rings. The summed E-state index contributed by atoms with van der Waals surface area (Å²) < 4.78 is 2.00. The third kappa shape index (κ3) is 4.53.